The molecule has 0 N–H and O–H groups in total. The van der Waals surface area contributed by atoms with E-state index in [2.05, 4.69) is 51.0 Å². The molecule has 0 radical (unpaired) electrons. The Bertz CT molecular complexity index is 672. The molecule has 0 aromatic heterocycles. The Morgan fingerprint density at radius 3 is 2.76 bits per heavy atom. The highest BCUT2D eigenvalue weighted by atomic mass is 14.4. The fourth-order valence-corrected chi connectivity index (χ4v) is 5.34. The highest BCUT2D eigenvalue weighted by Gasteiger charge is 2.37. The molecule has 3 rings (SSSR count). The third kappa shape index (κ3) is 3.57. The Labute approximate surface area is 155 Å². The molecule has 1 aromatic rings. The minimum absolute atomic E-state index is 0.462. The van der Waals surface area contributed by atoms with Crippen molar-refractivity contribution in [1.82, 2.24) is 0 Å². The van der Waals surface area contributed by atoms with E-state index >= 15 is 0 Å². The van der Waals surface area contributed by atoms with Crippen LogP contribution in [0.15, 0.2) is 24.3 Å². The van der Waals surface area contributed by atoms with Gasteiger partial charge in [0, 0.05) is 11.5 Å². The fourth-order valence-electron chi connectivity index (χ4n) is 5.34. The summed E-state index contributed by atoms with van der Waals surface area (Å²) in [7, 11) is 0. The molecule has 1 aromatic carbocycles. The second kappa shape index (κ2) is 7.82. The molecule has 1 fully saturated rings. The standard InChI is InChI=1S/C25H34/c1-5-7-15-25(16-9-8-11-20(25)4)17-14-22-12-10-13-23-19(3)18-21(6-2)24(22)23/h2,10,12-13,18-20H,5,7-9,11,14-17H2,1,3-4H3/t19-,20-,25?/m0/s1. The molecule has 2 aliphatic rings. The predicted octanol–water partition coefficient (Wildman–Crippen LogP) is 7.14. The molecule has 0 aliphatic heterocycles. The van der Waals surface area contributed by atoms with E-state index in [1.807, 2.05) is 0 Å². The van der Waals surface area contributed by atoms with Gasteiger partial charge in [0.2, 0.25) is 0 Å². The monoisotopic (exact) mass is 334 g/mol. The van der Waals surface area contributed by atoms with Crippen LogP contribution in [-0.2, 0) is 6.42 Å². The first-order valence-electron chi connectivity index (χ1n) is 10.4. The van der Waals surface area contributed by atoms with Crippen LogP contribution in [0.4, 0.5) is 0 Å². The largest absolute Gasteiger partial charge is 0.115 e. The van der Waals surface area contributed by atoms with Crippen LogP contribution < -0.4 is 0 Å². The van der Waals surface area contributed by atoms with Crippen molar-refractivity contribution >= 4 is 5.57 Å². The molecular weight excluding hydrogens is 300 g/mol. The molecule has 1 unspecified atom stereocenters. The molecule has 0 heterocycles. The Morgan fingerprint density at radius 1 is 1.20 bits per heavy atom. The van der Waals surface area contributed by atoms with Crippen LogP contribution >= 0.6 is 0 Å². The van der Waals surface area contributed by atoms with Crippen LogP contribution in [0.2, 0.25) is 0 Å². The van der Waals surface area contributed by atoms with E-state index in [9.17, 15) is 0 Å². The van der Waals surface area contributed by atoms with E-state index in [4.69, 9.17) is 6.42 Å². The second-order valence-electron chi connectivity index (χ2n) is 8.51. The Kier molecular flexibility index (Phi) is 5.73. The van der Waals surface area contributed by atoms with Gasteiger partial charge in [-0.05, 0) is 53.7 Å². The van der Waals surface area contributed by atoms with Crippen molar-refractivity contribution in [2.45, 2.75) is 84.5 Å². The minimum atomic E-state index is 0.462. The third-order valence-electron chi connectivity index (χ3n) is 7.04. The highest BCUT2D eigenvalue weighted by Crippen LogP contribution is 2.49. The van der Waals surface area contributed by atoms with Crippen molar-refractivity contribution in [2.24, 2.45) is 11.3 Å². The summed E-state index contributed by atoms with van der Waals surface area (Å²) in [5, 5.41) is 0. The zero-order chi connectivity index (χ0) is 17.9. The molecule has 0 nitrogen and oxygen atoms in total. The quantitative estimate of drug-likeness (QED) is 0.485. The fraction of sp³-hybridized carbons (Fsp3) is 0.600. The van der Waals surface area contributed by atoms with Gasteiger partial charge in [-0.1, -0.05) is 83.1 Å². The minimum Gasteiger partial charge on any atom is -0.115 e. The Morgan fingerprint density at radius 2 is 2.04 bits per heavy atom. The van der Waals surface area contributed by atoms with Crippen LogP contribution in [0.5, 0.6) is 0 Å². The number of benzene rings is 1. The summed E-state index contributed by atoms with van der Waals surface area (Å²) in [6.07, 6.45) is 20.4. The molecule has 0 heteroatoms. The lowest BCUT2D eigenvalue weighted by atomic mass is 9.62. The van der Waals surface area contributed by atoms with Gasteiger partial charge < -0.3 is 0 Å². The molecule has 0 saturated heterocycles. The SMILES string of the molecule is C#CC1=C[C@H](C)c2cccc(CCC3(CCCC)CCCC[C@@H]3C)c21. The maximum absolute atomic E-state index is 5.81. The number of aryl methyl sites for hydroxylation is 1. The van der Waals surface area contributed by atoms with Gasteiger partial charge >= 0.3 is 0 Å². The number of rotatable bonds is 6. The second-order valence-corrected chi connectivity index (χ2v) is 8.51. The van der Waals surface area contributed by atoms with E-state index in [-0.39, 0.29) is 0 Å². The summed E-state index contributed by atoms with van der Waals surface area (Å²) in [6, 6.07) is 6.82. The van der Waals surface area contributed by atoms with E-state index in [0.29, 0.717) is 11.3 Å². The molecule has 134 valence electrons. The van der Waals surface area contributed by atoms with Gasteiger partial charge in [-0.2, -0.15) is 0 Å². The van der Waals surface area contributed by atoms with Crippen molar-refractivity contribution in [1.29, 1.82) is 0 Å². The van der Waals surface area contributed by atoms with E-state index in [1.165, 1.54) is 74.5 Å². The molecule has 2 aliphatic carbocycles. The van der Waals surface area contributed by atoms with Crippen LogP contribution in [0.25, 0.3) is 5.57 Å². The molecule has 0 amide bonds. The van der Waals surface area contributed by atoms with Gasteiger partial charge in [0.15, 0.2) is 0 Å². The first-order valence-corrected chi connectivity index (χ1v) is 10.4. The maximum Gasteiger partial charge on any atom is 0.0286 e. The number of unbranched alkanes of at least 4 members (excludes halogenated alkanes) is 1. The molecule has 3 atom stereocenters. The average Bonchev–Trinajstić information content (AvgIpc) is 2.97. The van der Waals surface area contributed by atoms with Gasteiger partial charge in [-0.25, -0.2) is 0 Å². The molecular formula is C25H34. The zero-order valence-corrected chi connectivity index (χ0v) is 16.4. The lowest BCUT2D eigenvalue weighted by molar-refractivity contribution is 0.0811. The summed E-state index contributed by atoms with van der Waals surface area (Å²) in [5.74, 6) is 4.27. The molecule has 0 bridgehead atoms. The van der Waals surface area contributed by atoms with Gasteiger partial charge in [0.05, 0.1) is 0 Å². The average molecular weight is 335 g/mol. The molecule has 1 saturated carbocycles. The van der Waals surface area contributed by atoms with Crippen LogP contribution in [-0.4, -0.2) is 0 Å². The van der Waals surface area contributed by atoms with Crippen molar-refractivity contribution in [2.75, 3.05) is 0 Å². The number of hydrogen-bond acceptors (Lipinski definition) is 0. The van der Waals surface area contributed by atoms with Crippen LogP contribution in [0.3, 0.4) is 0 Å². The number of hydrogen-bond donors (Lipinski definition) is 0. The zero-order valence-electron chi connectivity index (χ0n) is 16.4. The first kappa shape index (κ1) is 18.3. The first-order chi connectivity index (χ1) is 12.1. The maximum atomic E-state index is 5.81. The third-order valence-corrected chi connectivity index (χ3v) is 7.04. The van der Waals surface area contributed by atoms with Crippen LogP contribution in [0.1, 0.15) is 94.7 Å². The molecule has 0 spiro atoms. The Balaban J connectivity index is 1.83. The van der Waals surface area contributed by atoms with Gasteiger partial charge in [0.1, 0.15) is 0 Å². The summed E-state index contributed by atoms with van der Waals surface area (Å²) in [4.78, 5) is 0. The normalized spacial score (nSPS) is 28.3. The smallest absolute Gasteiger partial charge is 0.0286 e. The number of fused-ring (bicyclic) bond motifs is 1. The van der Waals surface area contributed by atoms with Crippen molar-refractivity contribution < 1.29 is 0 Å². The lowest BCUT2D eigenvalue weighted by Crippen LogP contribution is -2.33. The van der Waals surface area contributed by atoms with Crippen molar-refractivity contribution in [3.8, 4) is 12.3 Å². The predicted molar refractivity (Wildman–Crippen MR) is 110 cm³/mol. The number of terminal acetylenes is 1. The Hall–Kier alpha value is -1.48. The van der Waals surface area contributed by atoms with Gasteiger partial charge in [-0.15, -0.1) is 6.42 Å². The van der Waals surface area contributed by atoms with Crippen molar-refractivity contribution in [3.63, 3.8) is 0 Å². The van der Waals surface area contributed by atoms with Crippen molar-refractivity contribution in [3.05, 3.63) is 41.0 Å². The molecule has 25 heavy (non-hydrogen) atoms. The lowest BCUT2D eigenvalue weighted by Gasteiger charge is -2.43. The van der Waals surface area contributed by atoms with E-state index in [1.54, 1.807) is 0 Å². The van der Waals surface area contributed by atoms with E-state index < -0.39 is 0 Å². The highest BCUT2D eigenvalue weighted by molar-refractivity contribution is 5.86. The summed E-state index contributed by atoms with van der Waals surface area (Å²) in [5.41, 5.74) is 5.98. The topological polar surface area (TPSA) is 0 Å². The number of allylic oxidation sites excluding steroid dienone is 2. The van der Waals surface area contributed by atoms with Gasteiger partial charge in [-0.3, -0.25) is 0 Å². The van der Waals surface area contributed by atoms with E-state index in [0.717, 1.165) is 11.5 Å². The summed E-state index contributed by atoms with van der Waals surface area (Å²) >= 11 is 0. The van der Waals surface area contributed by atoms with Crippen LogP contribution in [0, 0.1) is 23.7 Å². The summed E-state index contributed by atoms with van der Waals surface area (Å²) < 4.78 is 0. The summed E-state index contributed by atoms with van der Waals surface area (Å²) in [6.45, 7) is 7.11. The van der Waals surface area contributed by atoms with Gasteiger partial charge in [0.25, 0.3) is 0 Å².